The number of likely N-dealkylation sites (tertiary alicyclic amines) is 1. The lowest BCUT2D eigenvalue weighted by Gasteiger charge is -2.34. The number of carbonyl (C=O) groups is 1. The highest BCUT2D eigenvalue weighted by atomic mass is 35.5. The van der Waals surface area contributed by atoms with Gasteiger partial charge >= 0.3 is 0 Å². The van der Waals surface area contributed by atoms with Crippen LogP contribution in [0.1, 0.15) is 12.0 Å². The maximum Gasteiger partial charge on any atom is 0.227 e. The molecule has 0 aromatic heterocycles. The van der Waals surface area contributed by atoms with Crippen molar-refractivity contribution in [1.29, 1.82) is 0 Å². The monoisotopic (exact) mass is 332 g/mol. The van der Waals surface area contributed by atoms with Crippen LogP contribution in [0.5, 0.6) is 0 Å². The van der Waals surface area contributed by atoms with E-state index in [1.165, 1.54) is 6.07 Å². The van der Waals surface area contributed by atoms with E-state index in [1.54, 1.807) is 12.1 Å². The number of rotatable bonds is 2. The van der Waals surface area contributed by atoms with Gasteiger partial charge in [-0.05, 0) is 43.5 Å². The first-order chi connectivity index (χ1) is 9.65. The number of benzene rings is 1. The standard InChI is InChI=1S/C15H18ClFN2O.ClH/c16-13-2-1-3-14(17)12(13)6-15(20)19-5-4-10-7-18-8-11(10)9-19;/h1-3,10-11,18H,4-9H2;1H. The number of fused-ring (bicyclic) bond motifs is 1. The molecule has 1 aromatic carbocycles. The van der Waals surface area contributed by atoms with Crippen molar-refractivity contribution in [1.82, 2.24) is 10.2 Å². The Kier molecular flexibility index (Phi) is 5.47. The van der Waals surface area contributed by atoms with E-state index in [4.69, 9.17) is 11.6 Å². The maximum absolute atomic E-state index is 13.7. The van der Waals surface area contributed by atoms with Crippen LogP contribution in [-0.2, 0) is 11.2 Å². The molecule has 3 nitrogen and oxygen atoms in total. The Bertz CT molecular complexity index is 506. The van der Waals surface area contributed by atoms with E-state index in [2.05, 4.69) is 5.32 Å². The molecule has 2 aliphatic rings. The van der Waals surface area contributed by atoms with Gasteiger partial charge in [0.2, 0.25) is 5.91 Å². The lowest BCUT2D eigenvalue weighted by Crippen LogP contribution is -2.44. The number of carbonyl (C=O) groups excluding carboxylic acids is 1. The fourth-order valence-electron chi connectivity index (χ4n) is 3.23. The summed E-state index contributed by atoms with van der Waals surface area (Å²) in [6.45, 7) is 3.59. The van der Waals surface area contributed by atoms with Crippen molar-refractivity contribution in [2.24, 2.45) is 11.8 Å². The van der Waals surface area contributed by atoms with E-state index < -0.39 is 5.82 Å². The zero-order chi connectivity index (χ0) is 14.1. The fraction of sp³-hybridized carbons (Fsp3) is 0.533. The lowest BCUT2D eigenvalue weighted by atomic mass is 9.88. The largest absolute Gasteiger partial charge is 0.342 e. The highest BCUT2D eigenvalue weighted by molar-refractivity contribution is 6.31. The second-order valence-electron chi connectivity index (χ2n) is 5.68. The first-order valence-corrected chi connectivity index (χ1v) is 7.44. The van der Waals surface area contributed by atoms with Crippen LogP contribution in [0, 0.1) is 17.7 Å². The highest BCUT2D eigenvalue weighted by Gasteiger charge is 2.34. The third-order valence-electron chi connectivity index (χ3n) is 4.45. The van der Waals surface area contributed by atoms with Crippen LogP contribution in [-0.4, -0.2) is 37.0 Å². The summed E-state index contributed by atoms with van der Waals surface area (Å²) >= 11 is 5.98. The molecule has 6 heteroatoms. The van der Waals surface area contributed by atoms with Crippen LogP contribution < -0.4 is 5.32 Å². The molecule has 21 heavy (non-hydrogen) atoms. The summed E-state index contributed by atoms with van der Waals surface area (Å²) in [5.74, 6) is 0.811. The Balaban J connectivity index is 0.00000161. The minimum atomic E-state index is -0.400. The number of nitrogens with one attached hydrogen (secondary N) is 1. The average Bonchev–Trinajstić information content (AvgIpc) is 2.90. The van der Waals surface area contributed by atoms with Crippen molar-refractivity contribution in [2.45, 2.75) is 12.8 Å². The van der Waals surface area contributed by atoms with E-state index in [0.29, 0.717) is 22.4 Å². The summed E-state index contributed by atoms with van der Waals surface area (Å²) in [7, 11) is 0. The van der Waals surface area contributed by atoms with Crippen LogP contribution in [0.25, 0.3) is 0 Å². The number of hydrogen-bond acceptors (Lipinski definition) is 2. The molecule has 2 heterocycles. The van der Waals surface area contributed by atoms with Crippen molar-refractivity contribution in [3.8, 4) is 0 Å². The molecule has 2 aliphatic heterocycles. The van der Waals surface area contributed by atoms with E-state index in [0.717, 1.165) is 32.6 Å². The van der Waals surface area contributed by atoms with E-state index in [-0.39, 0.29) is 24.7 Å². The van der Waals surface area contributed by atoms with Gasteiger partial charge in [-0.1, -0.05) is 17.7 Å². The van der Waals surface area contributed by atoms with Gasteiger partial charge in [0, 0.05) is 23.7 Å². The summed E-state index contributed by atoms with van der Waals surface area (Å²) in [5, 5.41) is 3.70. The second-order valence-corrected chi connectivity index (χ2v) is 6.09. The predicted octanol–water partition coefficient (Wildman–Crippen LogP) is 2.51. The summed E-state index contributed by atoms with van der Waals surface area (Å²) in [6.07, 6.45) is 1.09. The Labute approximate surface area is 135 Å². The topological polar surface area (TPSA) is 32.3 Å². The number of nitrogens with zero attached hydrogens (tertiary/aromatic N) is 1. The molecule has 2 saturated heterocycles. The quantitative estimate of drug-likeness (QED) is 0.902. The molecule has 3 rings (SSSR count). The molecule has 2 fully saturated rings. The van der Waals surface area contributed by atoms with Gasteiger partial charge < -0.3 is 10.2 Å². The molecule has 0 aliphatic carbocycles. The number of halogens is 3. The van der Waals surface area contributed by atoms with Crippen molar-refractivity contribution < 1.29 is 9.18 Å². The minimum absolute atomic E-state index is 0. The van der Waals surface area contributed by atoms with Crippen LogP contribution in [0.15, 0.2) is 18.2 Å². The van der Waals surface area contributed by atoms with Crippen molar-refractivity contribution >= 4 is 29.9 Å². The van der Waals surface area contributed by atoms with Crippen molar-refractivity contribution in [3.63, 3.8) is 0 Å². The summed E-state index contributed by atoms with van der Waals surface area (Å²) in [4.78, 5) is 14.2. The zero-order valence-corrected chi connectivity index (χ0v) is 13.2. The molecule has 0 radical (unpaired) electrons. The zero-order valence-electron chi connectivity index (χ0n) is 11.6. The first-order valence-electron chi connectivity index (χ1n) is 7.06. The van der Waals surface area contributed by atoms with Crippen molar-refractivity contribution in [3.05, 3.63) is 34.6 Å². The summed E-state index contributed by atoms with van der Waals surface area (Å²) in [5.41, 5.74) is 0.311. The predicted molar refractivity (Wildman–Crippen MR) is 83.4 cm³/mol. The normalized spacial score (nSPS) is 24.4. The van der Waals surface area contributed by atoms with Gasteiger partial charge in [-0.2, -0.15) is 0 Å². The second kappa shape index (κ2) is 6.95. The molecular weight excluding hydrogens is 314 g/mol. The Morgan fingerprint density at radius 1 is 1.38 bits per heavy atom. The molecule has 116 valence electrons. The van der Waals surface area contributed by atoms with Crippen LogP contribution in [0.4, 0.5) is 4.39 Å². The molecule has 1 amide bonds. The number of hydrogen-bond donors (Lipinski definition) is 1. The summed E-state index contributed by atoms with van der Waals surface area (Å²) < 4.78 is 13.7. The molecular formula is C15H19Cl2FN2O. The Hall–Kier alpha value is -0.840. The van der Waals surface area contributed by atoms with Gasteiger partial charge in [-0.3, -0.25) is 4.79 Å². The smallest absolute Gasteiger partial charge is 0.227 e. The SMILES string of the molecule is Cl.O=C(Cc1c(F)cccc1Cl)N1CCC2CNCC2C1. The molecule has 0 bridgehead atoms. The Morgan fingerprint density at radius 3 is 2.90 bits per heavy atom. The third-order valence-corrected chi connectivity index (χ3v) is 4.80. The lowest BCUT2D eigenvalue weighted by molar-refractivity contribution is -0.132. The summed E-state index contributed by atoms with van der Waals surface area (Å²) in [6, 6.07) is 4.53. The van der Waals surface area contributed by atoms with E-state index >= 15 is 0 Å². The molecule has 0 spiro atoms. The van der Waals surface area contributed by atoms with Gasteiger partial charge in [0.1, 0.15) is 5.82 Å². The number of amides is 1. The molecule has 0 saturated carbocycles. The average molecular weight is 333 g/mol. The van der Waals surface area contributed by atoms with Gasteiger partial charge in [0.25, 0.3) is 0 Å². The van der Waals surface area contributed by atoms with Gasteiger partial charge in [-0.15, -0.1) is 12.4 Å². The molecule has 1 N–H and O–H groups in total. The molecule has 2 atom stereocenters. The van der Waals surface area contributed by atoms with Gasteiger partial charge in [0.15, 0.2) is 0 Å². The maximum atomic E-state index is 13.7. The van der Waals surface area contributed by atoms with Crippen LogP contribution in [0.3, 0.4) is 0 Å². The number of piperidine rings is 1. The first kappa shape index (κ1) is 16.5. The highest BCUT2D eigenvalue weighted by Crippen LogP contribution is 2.27. The third kappa shape index (κ3) is 3.50. The molecule has 1 aromatic rings. The van der Waals surface area contributed by atoms with Gasteiger partial charge in [0.05, 0.1) is 6.42 Å². The minimum Gasteiger partial charge on any atom is -0.342 e. The van der Waals surface area contributed by atoms with Crippen LogP contribution >= 0.6 is 24.0 Å². The van der Waals surface area contributed by atoms with E-state index in [9.17, 15) is 9.18 Å². The van der Waals surface area contributed by atoms with E-state index in [1.807, 2.05) is 4.90 Å². The molecule has 2 unspecified atom stereocenters. The van der Waals surface area contributed by atoms with Gasteiger partial charge in [-0.25, -0.2) is 4.39 Å². The van der Waals surface area contributed by atoms with Crippen molar-refractivity contribution in [2.75, 3.05) is 26.2 Å². The van der Waals surface area contributed by atoms with Crippen LogP contribution in [0.2, 0.25) is 5.02 Å². The fourth-order valence-corrected chi connectivity index (χ4v) is 3.46. The Morgan fingerprint density at radius 2 is 2.14 bits per heavy atom.